The van der Waals surface area contributed by atoms with Crippen molar-refractivity contribution in [1.29, 1.82) is 0 Å². The molecule has 0 aliphatic rings. The van der Waals surface area contributed by atoms with E-state index in [-0.39, 0.29) is 4.90 Å². The first-order chi connectivity index (χ1) is 9.60. The number of anilines is 1. The van der Waals surface area contributed by atoms with Crippen LogP contribution in [0.15, 0.2) is 23.2 Å². The molecule has 0 unspecified atom stereocenters. The molecule has 0 fully saturated rings. The topological polar surface area (TPSA) is 80.3 Å². The normalized spacial score (nSPS) is 11.5. The van der Waals surface area contributed by atoms with Crippen molar-refractivity contribution in [1.82, 2.24) is 9.71 Å². The monoisotopic (exact) mass is 301 g/mol. The maximum atomic E-state index is 12.0. The summed E-state index contributed by atoms with van der Waals surface area (Å²) in [5, 5.41) is 2.84. The van der Waals surface area contributed by atoms with Crippen molar-refractivity contribution in [2.24, 2.45) is 0 Å². The number of aromatic nitrogens is 1. The van der Waals surface area contributed by atoms with Crippen LogP contribution in [0.5, 0.6) is 0 Å². The molecule has 0 aliphatic carbocycles. The Bertz CT molecular complexity index is 474. The smallest absolute Gasteiger partial charge is 0.242 e. The van der Waals surface area contributed by atoms with Gasteiger partial charge in [-0.3, -0.25) is 0 Å². The molecule has 0 saturated carbocycles. The Kier molecular flexibility index (Phi) is 7.50. The predicted molar refractivity (Wildman–Crippen MR) is 79.3 cm³/mol. The number of nitrogens with zero attached hydrogens (tertiary/aromatic N) is 1. The fourth-order valence-electron chi connectivity index (χ4n) is 1.50. The second-order valence-corrected chi connectivity index (χ2v) is 6.11. The third-order valence-electron chi connectivity index (χ3n) is 2.70. The molecular formula is C13H23N3O3S. The van der Waals surface area contributed by atoms with E-state index in [1.54, 1.807) is 13.1 Å². The van der Waals surface area contributed by atoms with Crippen LogP contribution in [0.25, 0.3) is 0 Å². The fourth-order valence-corrected chi connectivity index (χ4v) is 2.52. The van der Waals surface area contributed by atoms with E-state index < -0.39 is 10.0 Å². The van der Waals surface area contributed by atoms with Gasteiger partial charge in [-0.05, 0) is 25.0 Å². The SMILES string of the molecule is CCCCOCCCNS(=O)(=O)c1ccc(NC)nc1. The van der Waals surface area contributed by atoms with Gasteiger partial charge in [0.25, 0.3) is 0 Å². The highest BCUT2D eigenvalue weighted by atomic mass is 32.2. The van der Waals surface area contributed by atoms with Crippen LogP contribution in [0.1, 0.15) is 26.2 Å². The van der Waals surface area contributed by atoms with Crippen LogP contribution in [-0.4, -0.2) is 40.2 Å². The zero-order valence-corrected chi connectivity index (χ0v) is 12.9. The van der Waals surface area contributed by atoms with E-state index in [1.165, 1.54) is 12.3 Å². The molecule has 0 saturated heterocycles. The third-order valence-corrected chi connectivity index (χ3v) is 4.15. The predicted octanol–water partition coefficient (Wildman–Crippen LogP) is 1.61. The summed E-state index contributed by atoms with van der Waals surface area (Å²) in [6, 6.07) is 3.15. The van der Waals surface area contributed by atoms with Crippen molar-refractivity contribution in [2.45, 2.75) is 31.1 Å². The minimum atomic E-state index is -3.48. The number of rotatable bonds is 10. The molecule has 0 amide bonds. The molecule has 20 heavy (non-hydrogen) atoms. The van der Waals surface area contributed by atoms with Crippen molar-refractivity contribution in [3.63, 3.8) is 0 Å². The molecule has 0 radical (unpaired) electrons. The zero-order valence-electron chi connectivity index (χ0n) is 12.1. The highest BCUT2D eigenvalue weighted by Crippen LogP contribution is 2.09. The summed E-state index contributed by atoms with van der Waals surface area (Å²) < 4.78 is 31.8. The Morgan fingerprint density at radius 2 is 2.00 bits per heavy atom. The summed E-state index contributed by atoms with van der Waals surface area (Å²) in [5.74, 6) is 0.633. The van der Waals surface area contributed by atoms with Crippen molar-refractivity contribution in [3.8, 4) is 0 Å². The Balaban J connectivity index is 2.33. The van der Waals surface area contributed by atoms with Crippen LogP contribution >= 0.6 is 0 Å². The third kappa shape index (κ3) is 5.85. The first-order valence-electron chi connectivity index (χ1n) is 6.81. The van der Waals surface area contributed by atoms with E-state index in [2.05, 4.69) is 21.9 Å². The van der Waals surface area contributed by atoms with E-state index in [4.69, 9.17) is 4.74 Å². The average molecular weight is 301 g/mol. The highest BCUT2D eigenvalue weighted by molar-refractivity contribution is 7.89. The minimum Gasteiger partial charge on any atom is -0.381 e. The highest BCUT2D eigenvalue weighted by Gasteiger charge is 2.13. The van der Waals surface area contributed by atoms with Crippen molar-refractivity contribution >= 4 is 15.8 Å². The molecule has 0 bridgehead atoms. The fraction of sp³-hybridized carbons (Fsp3) is 0.615. The summed E-state index contributed by atoms with van der Waals surface area (Å²) in [4.78, 5) is 4.16. The van der Waals surface area contributed by atoms with Gasteiger partial charge >= 0.3 is 0 Å². The number of unbranched alkanes of at least 4 members (excludes halogenated alkanes) is 1. The van der Waals surface area contributed by atoms with Crippen LogP contribution in [0.3, 0.4) is 0 Å². The Hall–Kier alpha value is -1.18. The van der Waals surface area contributed by atoms with Gasteiger partial charge in [-0.15, -0.1) is 0 Å². The number of nitrogens with one attached hydrogen (secondary N) is 2. The summed E-state index contributed by atoms with van der Waals surface area (Å²) in [6.45, 7) is 3.77. The van der Waals surface area contributed by atoms with Crippen LogP contribution in [-0.2, 0) is 14.8 Å². The van der Waals surface area contributed by atoms with Crippen molar-refractivity contribution in [3.05, 3.63) is 18.3 Å². The summed E-state index contributed by atoms with van der Waals surface area (Å²) in [5.41, 5.74) is 0. The van der Waals surface area contributed by atoms with Gasteiger partial charge in [-0.2, -0.15) is 0 Å². The van der Waals surface area contributed by atoms with Gasteiger partial charge in [0.1, 0.15) is 10.7 Å². The molecule has 1 heterocycles. The quantitative estimate of drug-likeness (QED) is 0.642. The van der Waals surface area contributed by atoms with Crippen LogP contribution in [0, 0.1) is 0 Å². The maximum Gasteiger partial charge on any atom is 0.242 e. The van der Waals surface area contributed by atoms with Gasteiger partial charge in [0.05, 0.1) is 0 Å². The molecule has 0 aliphatic heterocycles. The number of hydrogen-bond donors (Lipinski definition) is 2. The number of hydrogen-bond acceptors (Lipinski definition) is 5. The van der Waals surface area contributed by atoms with Gasteiger partial charge in [-0.25, -0.2) is 18.1 Å². The molecule has 0 atom stereocenters. The first-order valence-corrected chi connectivity index (χ1v) is 8.29. The molecular weight excluding hydrogens is 278 g/mol. The Morgan fingerprint density at radius 3 is 2.60 bits per heavy atom. The number of pyridine rings is 1. The van der Waals surface area contributed by atoms with Gasteiger partial charge in [0.15, 0.2) is 0 Å². The molecule has 1 aromatic rings. The minimum absolute atomic E-state index is 0.170. The lowest BCUT2D eigenvalue weighted by Crippen LogP contribution is -2.25. The lowest BCUT2D eigenvalue weighted by molar-refractivity contribution is 0.130. The van der Waals surface area contributed by atoms with E-state index in [0.29, 0.717) is 25.4 Å². The standard InChI is InChI=1S/C13H23N3O3S/c1-3-4-9-19-10-5-8-16-20(17,18)12-6-7-13(14-2)15-11-12/h6-7,11,16H,3-5,8-10H2,1-2H3,(H,14,15). The molecule has 2 N–H and O–H groups in total. The maximum absolute atomic E-state index is 12.0. The second-order valence-electron chi connectivity index (χ2n) is 4.35. The van der Waals surface area contributed by atoms with E-state index >= 15 is 0 Å². The lowest BCUT2D eigenvalue weighted by atomic mass is 10.4. The van der Waals surface area contributed by atoms with Gasteiger partial charge in [-0.1, -0.05) is 13.3 Å². The Labute approximate surface area is 121 Å². The van der Waals surface area contributed by atoms with Gasteiger partial charge < -0.3 is 10.1 Å². The van der Waals surface area contributed by atoms with E-state index in [0.717, 1.165) is 19.4 Å². The average Bonchev–Trinajstić information content (AvgIpc) is 2.46. The molecule has 1 aromatic heterocycles. The van der Waals surface area contributed by atoms with Crippen molar-refractivity contribution in [2.75, 3.05) is 32.1 Å². The molecule has 1 rings (SSSR count). The van der Waals surface area contributed by atoms with Crippen LogP contribution in [0.2, 0.25) is 0 Å². The number of sulfonamides is 1. The molecule has 7 heteroatoms. The van der Waals surface area contributed by atoms with Gasteiger partial charge in [0.2, 0.25) is 10.0 Å². The summed E-state index contributed by atoms with van der Waals surface area (Å²) in [6.07, 6.45) is 4.13. The van der Waals surface area contributed by atoms with Crippen LogP contribution in [0.4, 0.5) is 5.82 Å². The molecule has 6 nitrogen and oxygen atoms in total. The summed E-state index contributed by atoms with van der Waals surface area (Å²) in [7, 11) is -1.75. The molecule has 114 valence electrons. The Morgan fingerprint density at radius 1 is 1.25 bits per heavy atom. The lowest BCUT2D eigenvalue weighted by Gasteiger charge is -2.07. The van der Waals surface area contributed by atoms with Crippen molar-refractivity contribution < 1.29 is 13.2 Å². The summed E-state index contributed by atoms with van der Waals surface area (Å²) >= 11 is 0. The van der Waals surface area contributed by atoms with Gasteiger partial charge in [0, 0.05) is 33.0 Å². The largest absolute Gasteiger partial charge is 0.381 e. The van der Waals surface area contributed by atoms with E-state index in [1.807, 2.05) is 0 Å². The molecule has 0 aromatic carbocycles. The van der Waals surface area contributed by atoms with Crippen LogP contribution < -0.4 is 10.0 Å². The first kappa shape index (κ1) is 16.9. The molecule has 0 spiro atoms. The second kappa shape index (κ2) is 8.89. The number of ether oxygens (including phenoxy) is 1. The zero-order chi connectivity index (χ0) is 14.8. The van der Waals surface area contributed by atoms with E-state index in [9.17, 15) is 8.42 Å².